The Hall–Kier alpha value is -2.09. The van der Waals surface area contributed by atoms with Gasteiger partial charge in [0.05, 0.1) is 5.69 Å². The molecule has 0 aliphatic carbocycles. The Kier molecular flexibility index (Phi) is 4.57. The van der Waals surface area contributed by atoms with E-state index in [2.05, 4.69) is 31.2 Å². The molecule has 0 aromatic heterocycles. The van der Waals surface area contributed by atoms with Gasteiger partial charge in [0.2, 0.25) is 0 Å². The zero-order chi connectivity index (χ0) is 14.5. The number of nitrogen functional groups attached to an aromatic ring is 1. The summed E-state index contributed by atoms with van der Waals surface area (Å²) in [7, 11) is 0. The first-order valence-corrected chi connectivity index (χ1v) is 7.22. The first kappa shape index (κ1) is 14.3. The van der Waals surface area contributed by atoms with E-state index in [1.165, 1.54) is 22.4 Å². The van der Waals surface area contributed by atoms with Crippen molar-refractivity contribution in [2.45, 2.75) is 33.6 Å². The van der Waals surface area contributed by atoms with Gasteiger partial charge in [0, 0.05) is 24.2 Å². The summed E-state index contributed by atoms with van der Waals surface area (Å²) >= 11 is 0. The Morgan fingerprint density at radius 3 is 2.55 bits per heavy atom. The van der Waals surface area contributed by atoms with Crippen molar-refractivity contribution >= 4 is 17.1 Å². The molecule has 2 aromatic carbocycles. The van der Waals surface area contributed by atoms with Crippen LogP contribution in [0.1, 0.15) is 30.5 Å². The normalized spacial score (nSPS) is 12.2. The molecular formula is C18H22N2. The molecule has 1 heterocycles. The lowest BCUT2D eigenvalue weighted by Gasteiger charge is -2.06. The van der Waals surface area contributed by atoms with Crippen LogP contribution in [0, 0.1) is 6.92 Å². The summed E-state index contributed by atoms with van der Waals surface area (Å²) in [6, 6.07) is 14.4. The van der Waals surface area contributed by atoms with Gasteiger partial charge in [-0.2, -0.15) is 0 Å². The molecule has 2 nitrogen and oxygen atoms in total. The van der Waals surface area contributed by atoms with Gasteiger partial charge in [0.25, 0.3) is 0 Å². The Bertz CT molecular complexity index is 627. The Labute approximate surface area is 121 Å². The summed E-state index contributed by atoms with van der Waals surface area (Å²) in [6.45, 7) is 6.11. The van der Waals surface area contributed by atoms with E-state index in [0.29, 0.717) is 0 Å². The predicted molar refractivity (Wildman–Crippen MR) is 87.9 cm³/mol. The van der Waals surface area contributed by atoms with Crippen LogP contribution >= 0.6 is 0 Å². The number of benzene rings is 2. The fraction of sp³-hybridized carbons (Fsp3) is 0.278. The number of para-hydroxylation sites is 1. The van der Waals surface area contributed by atoms with E-state index in [9.17, 15) is 0 Å². The minimum absolute atomic E-state index is 0.827. The van der Waals surface area contributed by atoms with E-state index in [-0.39, 0.29) is 0 Å². The van der Waals surface area contributed by atoms with Gasteiger partial charge in [-0.1, -0.05) is 38.1 Å². The largest absolute Gasteiger partial charge is 0.399 e. The fourth-order valence-electron chi connectivity index (χ4n) is 2.44. The van der Waals surface area contributed by atoms with E-state index in [4.69, 9.17) is 10.7 Å². The van der Waals surface area contributed by atoms with Crippen molar-refractivity contribution in [1.82, 2.24) is 0 Å². The number of hydrogen-bond donors (Lipinski definition) is 1. The van der Waals surface area contributed by atoms with Gasteiger partial charge < -0.3 is 5.73 Å². The number of nitrogens with zero attached hydrogens (tertiary/aromatic N) is 1. The zero-order valence-corrected chi connectivity index (χ0v) is 12.5. The molecule has 0 unspecified atom stereocenters. The number of hydrogen-bond acceptors (Lipinski definition) is 2. The van der Waals surface area contributed by atoms with Gasteiger partial charge in [-0.15, -0.1) is 0 Å². The molecule has 2 aromatic rings. The first-order chi connectivity index (χ1) is 9.72. The van der Waals surface area contributed by atoms with Gasteiger partial charge in [-0.05, 0) is 41.8 Å². The van der Waals surface area contributed by atoms with Gasteiger partial charge in [0.1, 0.15) is 0 Å². The zero-order valence-electron chi connectivity index (χ0n) is 12.5. The van der Waals surface area contributed by atoms with Crippen LogP contribution in [0.3, 0.4) is 0 Å². The van der Waals surface area contributed by atoms with E-state index >= 15 is 0 Å². The number of fused-ring (bicyclic) bond motifs is 1. The summed E-state index contributed by atoms with van der Waals surface area (Å²) < 4.78 is 0. The molecule has 1 aliphatic heterocycles. The molecule has 0 amide bonds. The number of rotatable bonds is 2. The number of nitrogens with two attached hydrogens (primary N) is 1. The second-order valence-corrected chi connectivity index (χ2v) is 4.85. The minimum atomic E-state index is 0.827. The molecule has 0 saturated heterocycles. The molecule has 2 N–H and O–H groups in total. The maximum absolute atomic E-state index is 5.77. The Morgan fingerprint density at radius 1 is 1.10 bits per heavy atom. The van der Waals surface area contributed by atoms with Crippen molar-refractivity contribution in [2.24, 2.45) is 4.99 Å². The quantitative estimate of drug-likeness (QED) is 0.800. The average Bonchev–Trinajstić information content (AvgIpc) is 2.86. The second kappa shape index (κ2) is 6.38. The first-order valence-electron chi connectivity index (χ1n) is 7.22. The van der Waals surface area contributed by atoms with E-state index in [1.54, 1.807) is 0 Å². The Balaban J connectivity index is 0.000000704. The topological polar surface area (TPSA) is 38.4 Å². The van der Waals surface area contributed by atoms with Gasteiger partial charge >= 0.3 is 0 Å². The van der Waals surface area contributed by atoms with Crippen molar-refractivity contribution in [3.05, 3.63) is 59.2 Å². The van der Waals surface area contributed by atoms with Crippen LogP contribution < -0.4 is 5.73 Å². The van der Waals surface area contributed by atoms with Crippen molar-refractivity contribution in [3.8, 4) is 0 Å². The summed E-state index contributed by atoms with van der Waals surface area (Å²) in [5, 5.41) is 0. The molecular weight excluding hydrogens is 244 g/mol. The lowest BCUT2D eigenvalue weighted by Crippen LogP contribution is -2.04. The van der Waals surface area contributed by atoms with Crippen LogP contribution in [-0.2, 0) is 12.8 Å². The molecule has 2 heteroatoms. The number of anilines is 1. The van der Waals surface area contributed by atoms with Gasteiger partial charge in [-0.3, -0.25) is 4.99 Å². The molecule has 0 saturated carbocycles. The second-order valence-electron chi connectivity index (χ2n) is 4.85. The number of aryl methyl sites for hydroxylation is 1. The van der Waals surface area contributed by atoms with Crippen molar-refractivity contribution in [3.63, 3.8) is 0 Å². The highest BCUT2D eigenvalue weighted by Gasteiger charge is 2.14. The molecule has 0 spiro atoms. The highest BCUT2D eigenvalue weighted by atomic mass is 14.8. The maximum atomic E-state index is 5.77. The van der Waals surface area contributed by atoms with Gasteiger partial charge in [0.15, 0.2) is 0 Å². The third-order valence-electron chi connectivity index (χ3n) is 3.43. The fourth-order valence-corrected chi connectivity index (χ4v) is 2.44. The molecule has 3 rings (SSSR count). The molecule has 0 bridgehead atoms. The SMILES string of the molecule is CC.Cc1cc(N)ccc1CC1=Nc2ccccc2C1. The third-order valence-corrected chi connectivity index (χ3v) is 3.43. The van der Waals surface area contributed by atoms with Crippen molar-refractivity contribution in [2.75, 3.05) is 5.73 Å². The van der Waals surface area contributed by atoms with Crippen LogP contribution in [0.5, 0.6) is 0 Å². The summed E-state index contributed by atoms with van der Waals surface area (Å²) in [6.07, 6.45) is 1.89. The number of aliphatic imine (C=N–C) groups is 1. The summed E-state index contributed by atoms with van der Waals surface area (Å²) in [4.78, 5) is 4.70. The van der Waals surface area contributed by atoms with Gasteiger partial charge in [-0.25, -0.2) is 0 Å². The predicted octanol–water partition coefficient (Wildman–Crippen LogP) is 4.47. The molecule has 20 heavy (non-hydrogen) atoms. The standard InChI is InChI=1S/C16H16N2.C2H6/c1-11-8-14(17)7-6-12(11)9-15-10-13-4-2-3-5-16(13)18-15;1-2/h2-8H,9-10,17H2,1H3;1-2H3. The van der Waals surface area contributed by atoms with Crippen molar-refractivity contribution < 1.29 is 0 Å². The summed E-state index contributed by atoms with van der Waals surface area (Å²) in [5.41, 5.74) is 12.9. The third kappa shape index (κ3) is 3.08. The van der Waals surface area contributed by atoms with E-state index in [0.717, 1.165) is 24.2 Å². The van der Waals surface area contributed by atoms with Crippen LogP contribution in [0.15, 0.2) is 47.5 Å². The van der Waals surface area contributed by atoms with Crippen LogP contribution in [0.2, 0.25) is 0 Å². The lowest BCUT2D eigenvalue weighted by atomic mass is 10.00. The minimum Gasteiger partial charge on any atom is -0.399 e. The molecule has 104 valence electrons. The summed E-state index contributed by atoms with van der Waals surface area (Å²) in [5.74, 6) is 0. The van der Waals surface area contributed by atoms with Crippen LogP contribution in [0.4, 0.5) is 11.4 Å². The Morgan fingerprint density at radius 2 is 1.85 bits per heavy atom. The van der Waals surface area contributed by atoms with E-state index in [1.807, 2.05) is 32.0 Å². The van der Waals surface area contributed by atoms with Crippen LogP contribution in [0.25, 0.3) is 0 Å². The van der Waals surface area contributed by atoms with Crippen LogP contribution in [-0.4, -0.2) is 5.71 Å². The van der Waals surface area contributed by atoms with Crippen molar-refractivity contribution in [1.29, 1.82) is 0 Å². The monoisotopic (exact) mass is 266 g/mol. The lowest BCUT2D eigenvalue weighted by molar-refractivity contribution is 1.22. The highest BCUT2D eigenvalue weighted by Crippen LogP contribution is 2.27. The molecule has 0 fully saturated rings. The maximum Gasteiger partial charge on any atom is 0.0665 e. The highest BCUT2D eigenvalue weighted by molar-refractivity contribution is 5.95. The molecule has 0 atom stereocenters. The molecule has 1 aliphatic rings. The molecule has 0 radical (unpaired) electrons. The van der Waals surface area contributed by atoms with E-state index < -0.39 is 0 Å². The average molecular weight is 266 g/mol. The smallest absolute Gasteiger partial charge is 0.0665 e.